The first-order chi connectivity index (χ1) is 13.2. The van der Waals surface area contributed by atoms with Crippen LogP contribution in [0.4, 0.5) is 5.69 Å². The summed E-state index contributed by atoms with van der Waals surface area (Å²) in [5.74, 6) is 0.631. The Morgan fingerprint density at radius 3 is 2.78 bits per heavy atom. The molecule has 1 fully saturated rings. The molecule has 0 radical (unpaired) electrons. The predicted molar refractivity (Wildman–Crippen MR) is 103 cm³/mol. The first kappa shape index (κ1) is 17.1. The third kappa shape index (κ3) is 3.79. The lowest BCUT2D eigenvalue weighted by Crippen LogP contribution is -2.25. The number of hydrogen-bond acceptors (Lipinski definition) is 6. The lowest BCUT2D eigenvalue weighted by atomic mass is 10.2. The van der Waals surface area contributed by atoms with Gasteiger partial charge in [0.1, 0.15) is 11.8 Å². The van der Waals surface area contributed by atoms with Crippen LogP contribution in [0.15, 0.2) is 54.9 Å². The quantitative estimate of drug-likeness (QED) is 0.650. The lowest BCUT2D eigenvalue weighted by molar-refractivity contribution is 0.111. The molecule has 136 valence electrons. The summed E-state index contributed by atoms with van der Waals surface area (Å²) >= 11 is 0. The highest BCUT2D eigenvalue weighted by Gasteiger charge is 2.26. The van der Waals surface area contributed by atoms with Crippen molar-refractivity contribution in [2.45, 2.75) is 19.4 Å². The molecule has 4 rings (SSSR count). The van der Waals surface area contributed by atoms with Gasteiger partial charge in [-0.05, 0) is 36.8 Å². The van der Waals surface area contributed by atoms with E-state index in [9.17, 15) is 4.79 Å². The molecule has 1 aliphatic rings. The molecule has 1 aliphatic heterocycles. The summed E-state index contributed by atoms with van der Waals surface area (Å²) in [6, 6.07) is 13.3. The van der Waals surface area contributed by atoms with Crippen molar-refractivity contribution in [2.24, 2.45) is 0 Å². The van der Waals surface area contributed by atoms with Crippen LogP contribution >= 0.6 is 0 Å². The zero-order valence-corrected chi connectivity index (χ0v) is 15.1. The molecule has 0 amide bonds. The van der Waals surface area contributed by atoms with Crippen LogP contribution in [0, 0.1) is 6.92 Å². The van der Waals surface area contributed by atoms with Crippen LogP contribution in [0.2, 0.25) is 0 Å². The Kier molecular flexibility index (Phi) is 4.78. The number of carbonyl (C=O) groups excluding carboxylic acids is 1. The van der Waals surface area contributed by atoms with Gasteiger partial charge in [-0.2, -0.15) is 0 Å². The van der Waals surface area contributed by atoms with Crippen LogP contribution in [0.3, 0.4) is 0 Å². The molecule has 4 heterocycles. The Balaban J connectivity index is 1.50. The van der Waals surface area contributed by atoms with E-state index in [1.807, 2.05) is 49.4 Å². The molecule has 0 spiro atoms. The zero-order valence-electron chi connectivity index (χ0n) is 15.1. The topological polar surface area (TPSA) is 68.2 Å². The molecule has 6 heteroatoms. The standard InChI is InChI=1S/C21H20N4O2/c1-15-5-8-21(23-12-15)27-16-9-11-25(13-16)20-7-6-18(24-19(20)14-26)17-4-2-3-10-22-17/h2-8,10,12,14,16H,9,11,13H2,1H3/t16-/m0/s1. The molecule has 0 N–H and O–H groups in total. The number of aryl methyl sites for hydroxylation is 1. The maximum absolute atomic E-state index is 11.6. The van der Waals surface area contributed by atoms with Crippen molar-refractivity contribution in [2.75, 3.05) is 18.0 Å². The van der Waals surface area contributed by atoms with E-state index in [0.29, 0.717) is 23.8 Å². The Bertz CT molecular complexity index is 929. The van der Waals surface area contributed by atoms with Gasteiger partial charge in [0.2, 0.25) is 5.88 Å². The predicted octanol–water partition coefficient (Wildman–Crippen LogP) is 3.32. The van der Waals surface area contributed by atoms with Gasteiger partial charge in [0.25, 0.3) is 0 Å². The van der Waals surface area contributed by atoms with E-state index in [-0.39, 0.29) is 6.10 Å². The van der Waals surface area contributed by atoms with Gasteiger partial charge < -0.3 is 9.64 Å². The fourth-order valence-corrected chi connectivity index (χ4v) is 3.22. The monoisotopic (exact) mass is 360 g/mol. The van der Waals surface area contributed by atoms with Gasteiger partial charge in [-0.25, -0.2) is 9.97 Å². The fourth-order valence-electron chi connectivity index (χ4n) is 3.22. The number of nitrogens with zero attached hydrogens (tertiary/aromatic N) is 4. The van der Waals surface area contributed by atoms with Crippen molar-refractivity contribution in [3.05, 3.63) is 66.1 Å². The van der Waals surface area contributed by atoms with E-state index < -0.39 is 0 Å². The molecule has 0 aliphatic carbocycles. The van der Waals surface area contributed by atoms with E-state index in [1.54, 1.807) is 12.4 Å². The number of ether oxygens (including phenoxy) is 1. The minimum absolute atomic E-state index is 0.0372. The maximum atomic E-state index is 11.6. The van der Waals surface area contributed by atoms with E-state index in [4.69, 9.17) is 4.74 Å². The van der Waals surface area contributed by atoms with E-state index in [0.717, 1.165) is 36.2 Å². The minimum Gasteiger partial charge on any atom is -0.472 e. The van der Waals surface area contributed by atoms with Gasteiger partial charge in [0, 0.05) is 31.4 Å². The van der Waals surface area contributed by atoms with Crippen LogP contribution in [0.25, 0.3) is 11.4 Å². The molecule has 0 saturated carbocycles. The largest absolute Gasteiger partial charge is 0.472 e. The van der Waals surface area contributed by atoms with Crippen molar-refractivity contribution in [3.63, 3.8) is 0 Å². The molecular formula is C21H20N4O2. The normalized spacial score (nSPS) is 16.3. The number of pyridine rings is 3. The molecule has 0 bridgehead atoms. The first-order valence-electron chi connectivity index (χ1n) is 8.95. The summed E-state index contributed by atoms with van der Waals surface area (Å²) in [4.78, 5) is 26.9. The Morgan fingerprint density at radius 2 is 2.04 bits per heavy atom. The number of aromatic nitrogens is 3. The molecule has 0 unspecified atom stereocenters. The Hall–Kier alpha value is -3.28. The van der Waals surface area contributed by atoms with Crippen molar-refractivity contribution in [1.29, 1.82) is 0 Å². The second-order valence-corrected chi connectivity index (χ2v) is 6.58. The summed E-state index contributed by atoms with van der Waals surface area (Å²) in [6.07, 6.45) is 5.22. The molecule has 1 saturated heterocycles. The Labute approximate surface area is 157 Å². The molecule has 1 atom stereocenters. The van der Waals surface area contributed by atoms with E-state index >= 15 is 0 Å². The van der Waals surface area contributed by atoms with Gasteiger partial charge >= 0.3 is 0 Å². The Morgan fingerprint density at radius 1 is 1.11 bits per heavy atom. The highest BCUT2D eigenvalue weighted by molar-refractivity contribution is 5.83. The zero-order chi connectivity index (χ0) is 18.6. The van der Waals surface area contributed by atoms with Gasteiger partial charge in [-0.15, -0.1) is 0 Å². The van der Waals surface area contributed by atoms with Crippen molar-refractivity contribution < 1.29 is 9.53 Å². The maximum Gasteiger partial charge on any atom is 0.213 e. The van der Waals surface area contributed by atoms with Crippen molar-refractivity contribution in [3.8, 4) is 17.3 Å². The van der Waals surface area contributed by atoms with Crippen LogP contribution < -0.4 is 9.64 Å². The third-order valence-electron chi connectivity index (χ3n) is 4.60. The summed E-state index contributed by atoms with van der Waals surface area (Å²) in [7, 11) is 0. The first-order valence-corrected chi connectivity index (χ1v) is 8.95. The molecular weight excluding hydrogens is 340 g/mol. The summed E-state index contributed by atoms with van der Waals surface area (Å²) in [5.41, 5.74) is 3.79. The second-order valence-electron chi connectivity index (χ2n) is 6.58. The fraction of sp³-hybridized carbons (Fsp3) is 0.238. The minimum atomic E-state index is 0.0372. The second kappa shape index (κ2) is 7.53. The summed E-state index contributed by atoms with van der Waals surface area (Å²) < 4.78 is 5.98. The molecule has 3 aromatic heterocycles. The molecule has 27 heavy (non-hydrogen) atoms. The number of anilines is 1. The molecule has 6 nitrogen and oxygen atoms in total. The van der Waals surface area contributed by atoms with Crippen LogP contribution in [-0.2, 0) is 0 Å². The lowest BCUT2D eigenvalue weighted by Gasteiger charge is -2.20. The van der Waals surface area contributed by atoms with Crippen molar-refractivity contribution >= 4 is 12.0 Å². The highest BCUT2D eigenvalue weighted by Crippen LogP contribution is 2.27. The average molecular weight is 360 g/mol. The number of hydrogen-bond donors (Lipinski definition) is 0. The smallest absolute Gasteiger partial charge is 0.213 e. The van der Waals surface area contributed by atoms with Crippen LogP contribution in [0.5, 0.6) is 5.88 Å². The van der Waals surface area contributed by atoms with E-state index in [2.05, 4.69) is 19.9 Å². The van der Waals surface area contributed by atoms with Crippen molar-refractivity contribution in [1.82, 2.24) is 15.0 Å². The summed E-state index contributed by atoms with van der Waals surface area (Å²) in [5, 5.41) is 0. The molecule has 0 aromatic carbocycles. The average Bonchev–Trinajstić information content (AvgIpc) is 3.18. The van der Waals surface area contributed by atoms with E-state index in [1.165, 1.54) is 0 Å². The van der Waals surface area contributed by atoms with Crippen LogP contribution in [-0.4, -0.2) is 40.4 Å². The summed E-state index contributed by atoms with van der Waals surface area (Å²) in [6.45, 7) is 3.50. The van der Waals surface area contributed by atoms with Crippen LogP contribution in [0.1, 0.15) is 22.5 Å². The SMILES string of the molecule is Cc1ccc(O[C@H]2CCN(c3ccc(-c4ccccn4)nc3C=O)C2)nc1. The molecule has 3 aromatic rings. The van der Waals surface area contributed by atoms with Gasteiger partial charge in [0.15, 0.2) is 6.29 Å². The van der Waals surface area contributed by atoms with Gasteiger partial charge in [-0.1, -0.05) is 12.1 Å². The van der Waals surface area contributed by atoms with Gasteiger partial charge in [-0.3, -0.25) is 9.78 Å². The third-order valence-corrected chi connectivity index (χ3v) is 4.60. The van der Waals surface area contributed by atoms with Gasteiger partial charge in [0.05, 0.1) is 23.6 Å². The highest BCUT2D eigenvalue weighted by atomic mass is 16.5. The number of carbonyl (C=O) groups is 1. The number of rotatable bonds is 5. The number of aldehydes is 1.